The summed E-state index contributed by atoms with van der Waals surface area (Å²) in [6, 6.07) is 7.92. The van der Waals surface area contributed by atoms with Gasteiger partial charge in [-0.2, -0.15) is 0 Å². The zero-order valence-electron chi connectivity index (χ0n) is 12.9. The minimum Gasteiger partial charge on any atom is -0.461 e. The van der Waals surface area contributed by atoms with E-state index in [-0.39, 0.29) is 17.3 Å². The van der Waals surface area contributed by atoms with E-state index in [9.17, 15) is 4.79 Å². The van der Waals surface area contributed by atoms with Crippen molar-refractivity contribution >= 4 is 5.97 Å². The average Bonchev–Trinajstić information content (AvgIpc) is 3.20. The second-order valence-electron chi connectivity index (χ2n) is 6.29. The molecular formula is C18H22O4. The predicted molar refractivity (Wildman–Crippen MR) is 82.1 cm³/mol. The van der Waals surface area contributed by atoms with Crippen molar-refractivity contribution in [3.05, 3.63) is 47.5 Å². The van der Waals surface area contributed by atoms with Gasteiger partial charge in [0.25, 0.3) is 0 Å². The Balaban J connectivity index is 1.71. The molecule has 1 aliphatic heterocycles. The maximum absolute atomic E-state index is 12.2. The van der Waals surface area contributed by atoms with Crippen molar-refractivity contribution in [2.75, 3.05) is 19.8 Å². The molecule has 2 aliphatic rings. The first-order chi connectivity index (χ1) is 10.7. The molecule has 1 fully saturated rings. The standard InChI is InChI=1S/C18H22O4/c1-18-10-16(18)17(19)22-12-15-7-3-2-6-14(15)11-20-8-4-5-9-21-13-18/h2-7,16H,8-13H2,1H3/b5-4+/t16?,18-/m0/s1. The zero-order chi connectivity index (χ0) is 15.4. The van der Waals surface area contributed by atoms with Gasteiger partial charge in [-0.25, -0.2) is 0 Å². The molecule has 0 spiro atoms. The van der Waals surface area contributed by atoms with E-state index >= 15 is 0 Å². The van der Waals surface area contributed by atoms with Crippen LogP contribution in [-0.2, 0) is 32.2 Å². The summed E-state index contributed by atoms with van der Waals surface area (Å²) in [4.78, 5) is 12.2. The topological polar surface area (TPSA) is 44.8 Å². The molecule has 4 heteroatoms. The van der Waals surface area contributed by atoms with E-state index in [1.165, 1.54) is 0 Å². The highest BCUT2D eigenvalue weighted by molar-refractivity contribution is 5.76. The van der Waals surface area contributed by atoms with Gasteiger partial charge in [0.15, 0.2) is 0 Å². The molecule has 0 aromatic heterocycles. The summed E-state index contributed by atoms with van der Waals surface area (Å²) in [5, 5.41) is 0. The van der Waals surface area contributed by atoms with Crippen molar-refractivity contribution in [3.8, 4) is 0 Å². The molecule has 1 aromatic carbocycles. The Hall–Kier alpha value is -1.65. The van der Waals surface area contributed by atoms with Gasteiger partial charge in [-0.05, 0) is 17.5 Å². The van der Waals surface area contributed by atoms with Crippen molar-refractivity contribution in [3.63, 3.8) is 0 Å². The lowest BCUT2D eigenvalue weighted by molar-refractivity contribution is -0.147. The first-order valence-electron chi connectivity index (χ1n) is 7.73. The van der Waals surface area contributed by atoms with Crippen LogP contribution in [0.3, 0.4) is 0 Å². The molecule has 0 saturated heterocycles. The fourth-order valence-corrected chi connectivity index (χ4v) is 2.76. The molecular weight excluding hydrogens is 280 g/mol. The van der Waals surface area contributed by atoms with Gasteiger partial charge >= 0.3 is 5.97 Å². The molecule has 0 radical (unpaired) electrons. The summed E-state index contributed by atoms with van der Waals surface area (Å²) < 4.78 is 16.8. The summed E-state index contributed by atoms with van der Waals surface area (Å²) in [5.74, 6) is -0.155. The van der Waals surface area contributed by atoms with Gasteiger partial charge in [0.05, 0.1) is 32.3 Å². The second kappa shape index (κ2) is 6.63. The van der Waals surface area contributed by atoms with E-state index in [2.05, 4.69) is 6.92 Å². The number of fused-ring (bicyclic) bond motifs is 2. The monoisotopic (exact) mass is 302 g/mol. The molecule has 1 aromatic rings. The zero-order valence-corrected chi connectivity index (χ0v) is 12.9. The average molecular weight is 302 g/mol. The maximum Gasteiger partial charge on any atom is 0.309 e. The van der Waals surface area contributed by atoms with E-state index in [1.54, 1.807) is 0 Å². The Labute approximate surface area is 131 Å². The summed E-state index contributed by atoms with van der Waals surface area (Å²) in [6.07, 6.45) is 4.78. The van der Waals surface area contributed by atoms with Crippen LogP contribution >= 0.6 is 0 Å². The van der Waals surface area contributed by atoms with Crippen LogP contribution in [0.15, 0.2) is 36.4 Å². The van der Waals surface area contributed by atoms with Crippen LogP contribution in [0.25, 0.3) is 0 Å². The van der Waals surface area contributed by atoms with Crippen LogP contribution in [0, 0.1) is 11.3 Å². The van der Waals surface area contributed by atoms with E-state index in [4.69, 9.17) is 14.2 Å². The van der Waals surface area contributed by atoms with Crippen molar-refractivity contribution in [1.29, 1.82) is 0 Å². The number of hydrogen-bond acceptors (Lipinski definition) is 4. The number of carbonyl (C=O) groups excluding carboxylic acids is 1. The molecule has 3 rings (SSSR count). The normalized spacial score (nSPS) is 31.0. The van der Waals surface area contributed by atoms with Gasteiger partial charge in [-0.3, -0.25) is 4.79 Å². The lowest BCUT2D eigenvalue weighted by Crippen LogP contribution is -2.16. The molecule has 22 heavy (non-hydrogen) atoms. The van der Waals surface area contributed by atoms with Crippen molar-refractivity contribution in [2.24, 2.45) is 11.3 Å². The molecule has 1 aliphatic carbocycles. The minimum atomic E-state index is -0.118. The first kappa shape index (κ1) is 15.3. The smallest absolute Gasteiger partial charge is 0.309 e. The second-order valence-corrected chi connectivity index (χ2v) is 6.29. The van der Waals surface area contributed by atoms with Crippen molar-refractivity contribution < 1.29 is 19.0 Å². The van der Waals surface area contributed by atoms with Crippen LogP contribution in [0.2, 0.25) is 0 Å². The molecule has 118 valence electrons. The number of hydrogen-bond donors (Lipinski definition) is 0. The summed E-state index contributed by atoms with van der Waals surface area (Å²) in [5.41, 5.74) is 2.00. The highest BCUT2D eigenvalue weighted by Gasteiger charge is 2.55. The van der Waals surface area contributed by atoms with E-state index in [0.29, 0.717) is 33.0 Å². The van der Waals surface area contributed by atoms with E-state index < -0.39 is 0 Å². The third kappa shape index (κ3) is 3.57. The fourth-order valence-electron chi connectivity index (χ4n) is 2.76. The lowest BCUT2D eigenvalue weighted by Gasteiger charge is -2.12. The van der Waals surface area contributed by atoms with Gasteiger partial charge in [-0.15, -0.1) is 0 Å². The molecule has 1 heterocycles. The molecule has 4 nitrogen and oxygen atoms in total. The molecule has 0 bridgehead atoms. The van der Waals surface area contributed by atoms with E-state index in [0.717, 1.165) is 17.5 Å². The number of cyclic esters (lactones) is 1. The highest BCUT2D eigenvalue weighted by atomic mass is 16.5. The Morgan fingerprint density at radius 3 is 2.50 bits per heavy atom. The number of esters is 1. The van der Waals surface area contributed by atoms with Crippen LogP contribution in [0.1, 0.15) is 24.5 Å². The molecule has 1 saturated carbocycles. The van der Waals surface area contributed by atoms with Gasteiger partial charge in [0.1, 0.15) is 6.61 Å². The van der Waals surface area contributed by atoms with Crippen molar-refractivity contribution in [2.45, 2.75) is 26.6 Å². The Kier molecular flexibility index (Phi) is 4.60. The van der Waals surface area contributed by atoms with Gasteiger partial charge < -0.3 is 14.2 Å². The minimum absolute atomic E-state index is 0.0370. The molecule has 0 amide bonds. The molecule has 2 atom stereocenters. The highest BCUT2D eigenvalue weighted by Crippen LogP contribution is 2.53. The van der Waals surface area contributed by atoms with Gasteiger partial charge in [0, 0.05) is 5.41 Å². The van der Waals surface area contributed by atoms with Crippen molar-refractivity contribution in [1.82, 2.24) is 0 Å². The van der Waals surface area contributed by atoms with Crippen LogP contribution in [0.4, 0.5) is 0 Å². The van der Waals surface area contributed by atoms with Crippen LogP contribution < -0.4 is 0 Å². The van der Waals surface area contributed by atoms with E-state index in [1.807, 2.05) is 36.4 Å². The maximum atomic E-state index is 12.2. The fraction of sp³-hybridized carbons (Fsp3) is 0.500. The predicted octanol–water partition coefficient (Wildman–Crippen LogP) is 2.86. The molecule has 0 N–H and O–H groups in total. The van der Waals surface area contributed by atoms with Crippen LogP contribution in [-0.4, -0.2) is 25.8 Å². The number of ether oxygens (including phenoxy) is 3. The third-order valence-corrected chi connectivity index (χ3v) is 4.41. The quantitative estimate of drug-likeness (QED) is 0.546. The Morgan fingerprint density at radius 2 is 1.73 bits per heavy atom. The van der Waals surface area contributed by atoms with Crippen LogP contribution in [0.5, 0.6) is 0 Å². The number of carbonyl (C=O) groups is 1. The third-order valence-electron chi connectivity index (χ3n) is 4.41. The largest absolute Gasteiger partial charge is 0.461 e. The Morgan fingerprint density at radius 1 is 1.05 bits per heavy atom. The number of benzene rings is 1. The SMILES string of the molecule is C[C@]12COC/C=C/COCc3ccccc3COC(=O)C1C2. The van der Waals surface area contributed by atoms with Gasteiger partial charge in [0.2, 0.25) is 0 Å². The summed E-state index contributed by atoms with van der Waals surface area (Å²) in [7, 11) is 0. The summed E-state index contributed by atoms with van der Waals surface area (Å²) >= 11 is 0. The molecule has 1 unspecified atom stereocenters. The summed E-state index contributed by atoms with van der Waals surface area (Å²) in [6.45, 7) is 4.60. The lowest BCUT2D eigenvalue weighted by atomic mass is 10.1. The Bertz CT molecular complexity index is 566. The first-order valence-corrected chi connectivity index (χ1v) is 7.73. The number of rotatable bonds is 0. The van der Waals surface area contributed by atoms with Gasteiger partial charge in [-0.1, -0.05) is 43.3 Å².